The van der Waals surface area contributed by atoms with Crippen LogP contribution in [0.2, 0.25) is 0 Å². The minimum absolute atomic E-state index is 0.0405. The lowest BCUT2D eigenvalue weighted by Gasteiger charge is -2.12. The van der Waals surface area contributed by atoms with Crippen molar-refractivity contribution in [2.45, 2.75) is 11.3 Å². The van der Waals surface area contributed by atoms with Gasteiger partial charge in [-0.3, -0.25) is 9.52 Å². The van der Waals surface area contributed by atoms with E-state index in [0.717, 1.165) is 6.42 Å². The van der Waals surface area contributed by atoms with Gasteiger partial charge in [-0.1, -0.05) is 6.07 Å². The summed E-state index contributed by atoms with van der Waals surface area (Å²) >= 11 is 1.34. The molecular weight excluding hydrogens is 426 g/mol. The molecule has 0 radical (unpaired) electrons. The molecule has 30 heavy (non-hydrogen) atoms. The average Bonchev–Trinajstić information content (AvgIpc) is 2.98. The predicted octanol–water partition coefficient (Wildman–Crippen LogP) is 2.79. The van der Waals surface area contributed by atoms with E-state index in [4.69, 9.17) is 9.47 Å². The van der Waals surface area contributed by atoms with Crippen LogP contribution in [0.3, 0.4) is 0 Å². The number of amides is 1. The van der Waals surface area contributed by atoms with Gasteiger partial charge in [0.05, 0.1) is 18.1 Å². The second kappa shape index (κ2) is 8.33. The van der Waals surface area contributed by atoms with Crippen molar-refractivity contribution in [1.82, 2.24) is 4.57 Å². The molecule has 0 atom stereocenters. The summed E-state index contributed by atoms with van der Waals surface area (Å²) in [6, 6.07) is 10.7. The average molecular weight is 446 g/mol. The fourth-order valence-electron chi connectivity index (χ4n) is 2.83. The molecule has 3 aromatic rings. The van der Waals surface area contributed by atoms with Gasteiger partial charge in [0.15, 0.2) is 16.3 Å². The molecular formula is C20H19N3O5S2. The maximum absolute atomic E-state index is 12.8. The van der Waals surface area contributed by atoms with Crippen molar-refractivity contribution in [3.8, 4) is 11.5 Å². The Labute approximate surface area is 177 Å². The summed E-state index contributed by atoms with van der Waals surface area (Å²) < 4.78 is 41.0. The molecule has 10 heteroatoms. The van der Waals surface area contributed by atoms with Crippen molar-refractivity contribution < 1.29 is 22.7 Å². The Hall–Kier alpha value is -3.11. The number of nitrogens with one attached hydrogen (secondary N) is 1. The van der Waals surface area contributed by atoms with Crippen molar-refractivity contribution >= 4 is 33.0 Å². The Bertz CT molecular complexity index is 1260. The summed E-state index contributed by atoms with van der Waals surface area (Å²) in [6.45, 7) is 0.978. The molecule has 0 bridgehead atoms. The number of nitrogens with zero attached hydrogens (tertiary/aromatic N) is 2. The van der Waals surface area contributed by atoms with Gasteiger partial charge < -0.3 is 14.0 Å². The van der Waals surface area contributed by atoms with E-state index < -0.39 is 15.9 Å². The van der Waals surface area contributed by atoms with Crippen molar-refractivity contribution in [3.05, 3.63) is 64.4 Å². The third kappa shape index (κ3) is 4.39. The molecule has 1 amide bonds. The second-order valence-electron chi connectivity index (χ2n) is 6.56. The van der Waals surface area contributed by atoms with Crippen LogP contribution in [0.5, 0.6) is 11.5 Å². The Balaban J connectivity index is 1.58. The molecule has 156 valence electrons. The first-order valence-corrected chi connectivity index (χ1v) is 11.5. The number of rotatable bonds is 4. The molecule has 1 aliphatic heterocycles. The number of thiazole rings is 1. The topological polar surface area (TPSA) is 99.0 Å². The number of anilines is 1. The van der Waals surface area contributed by atoms with Crippen molar-refractivity contribution in [2.75, 3.05) is 17.9 Å². The number of ether oxygens (including phenoxy) is 2. The first-order chi connectivity index (χ1) is 14.4. The van der Waals surface area contributed by atoms with E-state index in [1.807, 2.05) is 5.38 Å². The summed E-state index contributed by atoms with van der Waals surface area (Å²) in [5.74, 6) is 0.453. The number of sulfonamides is 1. The van der Waals surface area contributed by atoms with Crippen molar-refractivity contribution in [3.63, 3.8) is 0 Å². The molecule has 2 heterocycles. The molecule has 2 aromatic carbocycles. The monoisotopic (exact) mass is 445 g/mol. The molecule has 0 aliphatic carbocycles. The van der Waals surface area contributed by atoms with Gasteiger partial charge in [-0.25, -0.2) is 8.42 Å². The van der Waals surface area contributed by atoms with Gasteiger partial charge in [0, 0.05) is 42.4 Å². The molecule has 8 nitrogen and oxygen atoms in total. The molecule has 1 N–H and O–H groups in total. The highest BCUT2D eigenvalue weighted by Crippen LogP contribution is 2.32. The lowest BCUT2D eigenvalue weighted by molar-refractivity contribution is 0.0998. The first kappa shape index (κ1) is 20.2. The van der Waals surface area contributed by atoms with E-state index in [1.165, 1.54) is 29.5 Å². The summed E-state index contributed by atoms with van der Waals surface area (Å²) in [5, 5.41) is 1.83. The minimum Gasteiger partial charge on any atom is -0.490 e. The molecule has 0 fully saturated rings. The summed E-state index contributed by atoms with van der Waals surface area (Å²) in [6.07, 6.45) is 2.53. The maximum Gasteiger partial charge on any atom is 0.279 e. The van der Waals surface area contributed by atoms with E-state index in [0.29, 0.717) is 29.5 Å². The fourth-order valence-corrected chi connectivity index (χ4v) is 4.62. The highest BCUT2D eigenvalue weighted by atomic mass is 32.2. The Morgan fingerprint density at radius 3 is 2.70 bits per heavy atom. The number of fused-ring (bicyclic) bond motifs is 1. The van der Waals surface area contributed by atoms with Crippen molar-refractivity contribution in [1.29, 1.82) is 0 Å². The largest absolute Gasteiger partial charge is 0.490 e. The third-order valence-corrected chi connectivity index (χ3v) is 6.57. The zero-order valence-corrected chi connectivity index (χ0v) is 17.7. The highest BCUT2D eigenvalue weighted by Gasteiger charge is 2.19. The van der Waals surface area contributed by atoms with E-state index in [9.17, 15) is 13.2 Å². The van der Waals surface area contributed by atoms with Crippen LogP contribution < -0.4 is 19.0 Å². The Morgan fingerprint density at radius 2 is 1.93 bits per heavy atom. The quantitative estimate of drug-likeness (QED) is 0.666. The number of hydrogen-bond donors (Lipinski definition) is 1. The molecule has 1 aliphatic rings. The SMILES string of the molecule is Cn1ccsc1=NC(=O)c1cccc(NS(=O)(=O)c2ccc3c(c2)OCCCO3)c1. The number of benzene rings is 2. The van der Waals surface area contributed by atoms with Crippen LogP contribution in [0.25, 0.3) is 0 Å². The summed E-state index contributed by atoms with van der Waals surface area (Å²) in [7, 11) is -2.09. The van der Waals surface area contributed by atoms with Crippen LogP contribution in [-0.4, -0.2) is 32.1 Å². The number of carbonyl (C=O) groups is 1. The fraction of sp³-hybridized carbons (Fsp3) is 0.200. The molecule has 4 rings (SSSR count). The number of hydrogen-bond acceptors (Lipinski definition) is 6. The van der Waals surface area contributed by atoms with Crippen LogP contribution in [0.4, 0.5) is 5.69 Å². The minimum atomic E-state index is -3.89. The Morgan fingerprint density at radius 1 is 1.13 bits per heavy atom. The van der Waals surface area contributed by atoms with Gasteiger partial charge in [0.2, 0.25) is 0 Å². The van der Waals surface area contributed by atoms with E-state index in [-0.39, 0.29) is 16.1 Å². The van der Waals surface area contributed by atoms with Crippen LogP contribution in [-0.2, 0) is 17.1 Å². The van der Waals surface area contributed by atoms with Gasteiger partial charge in [-0.05, 0) is 30.3 Å². The van der Waals surface area contributed by atoms with Crippen LogP contribution in [0.1, 0.15) is 16.8 Å². The molecule has 1 aromatic heterocycles. The van der Waals surface area contributed by atoms with Gasteiger partial charge in [-0.2, -0.15) is 4.99 Å². The van der Waals surface area contributed by atoms with Crippen LogP contribution >= 0.6 is 11.3 Å². The van der Waals surface area contributed by atoms with Gasteiger partial charge in [0.25, 0.3) is 15.9 Å². The molecule has 0 unspecified atom stereocenters. The lowest BCUT2D eigenvalue weighted by atomic mass is 10.2. The smallest absolute Gasteiger partial charge is 0.279 e. The van der Waals surface area contributed by atoms with Crippen LogP contribution in [0, 0.1) is 0 Å². The van der Waals surface area contributed by atoms with Gasteiger partial charge in [0.1, 0.15) is 0 Å². The van der Waals surface area contributed by atoms with Gasteiger partial charge in [-0.15, -0.1) is 11.3 Å². The first-order valence-electron chi connectivity index (χ1n) is 9.14. The van der Waals surface area contributed by atoms with Crippen LogP contribution in [0.15, 0.2) is 63.9 Å². The van der Waals surface area contributed by atoms with Gasteiger partial charge >= 0.3 is 0 Å². The zero-order chi connectivity index (χ0) is 21.1. The molecule has 0 spiro atoms. The summed E-state index contributed by atoms with van der Waals surface area (Å²) in [5.41, 5.74) is 0.543. The van der Waals surface area contributed by atoms with Crippen molar-refractivity contribution in [2.24, 2.45) is 12.0 Å². The summed E-state index contributed by atoms with van der Waals surface area (Å²) in [4.78, 5) is 17.1. The second-order valence-corrected chi connectivity index (χ2v) is 9.11. The van der Waals surface area contributed by atoms with E-state index in [2.05, 4.69) is 9.71 Å². The number of aromatic nitrogens is 1. The maximum atomic E-state index is 12.8. The molecule has 0 saturated carbocycles. The number of carbonyl (C=O) groups excluding carboxylic acids is 1. The number of aryl methyl sites for hydroxylation is 1. The normalized spacial score (nSPS) is 14.2. The third-order valence-electron chi connectivity index (χ3n) is 4.35. The van der Waals surface area contributed by atoms with E-state index in [1.54, 1.807) is 42.1 Å². The Kier molecular flexibility index (Phi) is 5.60. The standard InChI is InChI=1S/C20H19N3O5S2/c1-23-8-11-29-20(23)21-19(24)14-4-2-5-15(12-14)22-30(25,26)16-6-7-17-18(13-16)28-10-3-9-27-17/h2,4-8,11-13,22H,3,9-10H2,1H3. The lowest BCUT2D eigenvalue weighted by Crippen LogP contribution is -2.14. The zero-order valence-electron chi connectivity index (χ0n) is 16.1. The van der Waals surface area contributed by atoms with E-state index >= 15 is 0 Å². The highest BCUT2D eigenvalue weighted by molar-refractivity contribution is 7.92. The molecule has 0 saturated heterocycles. The predicted molar refractivity (Wildman–Crippen MR) is 112 cm³/mol.